The van der Waals surface area contributed by atoms with E-state index >= 15 is 0 Å². The molecule has 0 aliphatic rings. The molecular formula is C25H19NO3. The third kappa shape index (κ3) is 4.45. The summed E-state index contributed by atoms with van der Waals surface area (Å²) in [5.41, 5.74) is 3.21. The highest BCUT2D eigenvalue weighted by molar-refractivity contribution is 6.02. The summed E-state index contributed by atoms with van der Waals surface area (Å²) in [5.74, 6) is 0.104. The van der Waals surface area contributed by atoms with E-state index < -0.39 is 0 Å². The average Bonchev–Trinajstić information content (AvgIpc) is 2.72. The van der Waals surface area contributed by atoms with E-state index in [0.29, 0.717) is 5.56 Å². The molecule has 0 aliphatic carbocycles. The SMILES string of the molecule is O=C(/C=C/c1cc(O)cc(-c2ccc3cc(O)ccc3c2)c1)Nc1ccccc1. The van der Waals surface area contributed by atoms with Crippen molar-refractivity contribution in [2.75, 3.05) is 5.32 Å². The van der Waals surface area contributed by atoms with Crippen LogP contribution in [0.3, 0.4) is 0 Å². The number of fused-ring (bicyclic) bond motifs is 1. The Kier molecular flexibility index (Phi) is 4.99. The summed E-state index contributed by atoms with van der Waals surface area (Å²) in [6, 6.07) is 25.5. The lowest BCUT2D eigenvalue weighted by atomic mass is 9.99. The van der Waals surface area contributed by atoms with Crippen LogP contribution in [-0.4, -0.2) is 16.1 Å². The maximum atomic E-state index is 12.1. The summed E-state index contributed by atoms with van der Waals surface area (Å²) in [5, 5.41) is 24.5. The first-order valence-corrected chi connectivity index (χ1v) is 9.18. The number of aromatic hydroxyl groups is 2. The Morgan fingerprint density at radius 3 is 2.31 bits per heavy atom. The highest BCUT2D eigenvalue weighted by Crippen LogP contribution is 2.30. The van der Waals surface area contributed by atoms with E-state index in [1.807, 2.05) is 60.7 Å². The van der Waals surface area contributed by atoms with Crippen LogP contribution >= 0.6 is 0 Å². The standard InChI is InChI=1S/C25H19NO3/c27-23-10-9-18-14-19(7-8-20(18)15-23)21-12-17(13-24(28)16-21)6-11-25(29)26-22-4-2-1-3-5-22/h1-16,27-28H,(H,26,29)/b11-6+. The second kappa shape index (κ2) is 7.90. The number of phenols is 2. The molecule has 0 atom stereocenters. The fourth-order valence-electron chi connectivity index (χ4n) is 3.19. The molecular weight excluding hydrogens is 362 g/mol. The molecule has 0 spiro atoms. The summed E-state index contributed by atoms with van der Waals surface area (Å²) in [6.07, 6.45) is 3.11. The van der Waals surface area contributed by atoms with E-state index in [1.165, 1.54) is 6.08 Å². The zero-order valence-corrected chi connectivity index (χ0v) is 15.5. The van der Waals surface area contributed by atoms with Crippen molar-refractivity contribution in [2.24, 2.45) is 0 Å². The van der Waals surface area contributed by atoms with Gasteiger partial charge < -0.3 is 15.5 Å². The van der Waals surface area contributed by atoms with Crippen molar-refractivity contribution in [3.8, 4) is 22.6 Å². The molecule has 0 unspecified atom stereocenters. The van der Waals surface area contributed by atoms with Crippen LogP contribution in [0.1, 0.15) is 5.56 Å². The summed E-state index contributed by atoms with van der Waals surface area (Å²) in [4.78, 5) is 12.1. The second-order valence-electron chi connectivity index (χ2n) is 6.75. The topological polar surface area (TPSA) is 69.6 Å². The minimum atomic E-state index is -0.244. The van der Waals surface area contributed by atoms with Gasteiger partial charge in [0, 0.05) is 11.8 Å². The zero-order valence-electron chi connectivity index (χ0n) is 15.5. The van der Waals surface area contributed by atoms with Crippen molar-refractivity contribution in [1.82, 2.24) is 0 Å². The largest absolute Gasteiger partial charge is 0.508 e. The van der Waals surface area contributed by atoms with Gasteiger partial charge in [0.05, 0.1) is 0 Å². The van der Waals surface area contributed by atoms with Gasteiger partial charge in [0.1, 0.15) is 11.5 Å². The Bertz CT molecular complexity index is 1210. The molecule has 0 saturated heterocycles. The average molecular weight is 381 g/mol. The number of carbonyl (C=O) groups excluding carboxylic acids is 1. The zero-order chi connectivity index (χ0) is 20.2. The molecule has 0 aromatic heterocycles. The predicted octanol–water partition coefficient (Wildman–Crippen LogP) is 5.57. The second-order valence-corrected chi connectivity index (χ2v) is 6.75. The van der Waals surface area contributed by atoms with Gasteiger partial charge in [0.15, 0.2) is 0 Å². The van der Waals surface area contributed by atoms with E-state index in [-0.39, 0.29) is 17.4 Å². The van der Waals surface area contributed by atoms with Gasteiger partial charge in [0.2, 0.25) is 5.91 Å². The number of phenolic OH excluding ortho intramolecular Hbond substituents is 2. The van der Waals surface area contributed by atoms with Crippen LogP contribution in [0.25, 0.3) is 28.0 Å². The lowest BCUT2D eigenvalue weighted by molar-refractivity contribution is -0.111. The highest BCUT2D eigenvalue weighted by Gasteiger charge is 2.05. The number of rotatable bonds is 4. The number of hydrogen-bond acceptors (Lipinski definition) is 3. The van der Waals surface area contributed by atoms with Crippen LogP contribution in [0, 0.1) is 0 Å². The molecule has 0 aliphatic heterocycles. The van der Waals surface area contributed by atoms with Crippen molar-refractivity contribution in [2.45, 2.75) is 0 Å². The molecule has 4 aromatic carbocycles. The summed E-state index contributed by atoms with van der Waals surface area (Å²) in [7, 11) is 0. The van der Waals surface area contributed by atoms with Crippen LogP contribution < -0.4 is 5.32 Å². The number of carbonyl (C=O) groups is 1. The van der Waals surface area contributed by atoms with Gasteiger partial charge in [-0.15, -0.1) is 0 Å². The molecule has 4 rings (SSSR count). The molecule has 0 fully saturated rings. The van der Waals surface area contributed by atoms with Gasteiger partial charge in [-0.2, -0.15) is 0 Å². The molecule has 0 heterocycles. The quantitative estimate of drug-likeness (QED) is 0.405. The highest BCUT2D eigenvalue weighted by atomic mass is 16.3. The Labute approximate surface area is 168 Å². The monoisotopic (exact) mass is 381 g/mol. The minimum Gasteiger partial charge on any atom is -0.508 e. The number of anilines is 1. The molecule has 1 amide bonds. The summed E-state index contributed by atoms with van der Waals surface area (Å²) < 4.78 is 0. The number of amides is 1. The first-order valence-electron chi connectivity index (χ1n) is 9.18. The number of hydrogen-bond donors (Lipinski definition) is 3. The predicted molar refractivity (Wildman–Crippen MR) is 117 cm³/mol. The van der Waals surface area contributed by atoms with E-state index in [0.717, 1.165) is 27.6 Å². The van der Waals surface area contributed by atoms with E-state index in [1.54, 1.807) is 30.3 Å². The number of nitrogens with one attached hydrogen (secondary N) is 1. The molecule has 4 nitrogen and oxygen atoms in total. The van der Waals surface area contributed by atoms with E-state index in [4.69, 9.17) is 0 Å². The van der Waals surface area contributed by atoms with Gasteiger partial charge in [-0.1, -0.05) is 36.4 Å². The molecule has 0 saturated carbocycles. The van der Waals surface area contributed by atoms with Crippen LogP contribution in [0.15, 0.2) is 91.0 Å². The van der Waals surface area contributed by atoms with Crippen molar-refractivity contribution in [3.05, 3.63) is 96.6 Å². The molecule has 142 valence electrons. The molecule has 4 aromatic rings. The first kappa shape index (κ1) is 18.3. The summed E-state index contributed by atoms with van der Waals surface area (Å²) in [6.45, 7) is 0. The molecule has 4 heteroatoms. The maximum Gasteiger partial charge on any atom is 0.248 e. The fraction of sp³-hybridized carbons (Fsp3) is 0. The Morgan fingerprint density at radius 2 is 1.48 bits per heavy atom. The molecule has 0 bridgehead atoms. The van der Waals surface area contributed by atoms with Crippen molar-refractivity contribution >= 4 is 28.4 Å². The lowest BCUT2D eigenvalue weighted by Gasteiger charge is -2.07. The summed E-state index contributed by atoms with van der Waals surface area (Å²) >= 11 is 0. The van der Waals surface area contributed by atoms with Crippen LogP contribution in [0.5, 0.6) is 11.5 Å². The number of para-hydroxylation sites is 1. The third-order valence-corrected chi connectivity index (χ3v) is 4.57. The van der Waals surface area contributed by atoms with E-state index in [9.17, 15) is 15.0 Å². The van der Waals surface area contributed by atoms with Crippen LogP contribution in [0.2, 0.25) is 0 Å². The Hall–Kier alpha value is -4.05. The maximum absolute atomic E-state index is 12.1. The normalized spacial score (nSPS) is 11.0. The molecule has 3 N–H and O–H groups in total. The van der Waals surface area contributed by atoms with Crippen LogP contribution in [-0.2, 0) is 4.79 Å². The van der Waals surface area contributed by atoms with Crippen molar-refractivity contribution in [1.29, 1.82) is 0 Å². The van der Waals surface area contributed by atoms with E-state index in [2.05, 4.69) is 5.32 Å². The fourth-order valence-corrected chi connectivity index (χ4v) is 3.19. The van der Waals surface area contributed by atoms with Crippen molar-refractivity contribution < 1.29 is 15.0 Å². The Morgan fingerprint density at radius 1 is 0.724 bits per heavy atom. The van der Waals surface area contributed by atoms with Crippen LogP contribution in [0.4, 0.5) is 5.69 Å². The van der Waals surface area contributed by atoms with Gasteiger partial charge in [-0.05, 0) is 82.1 Å². The lowest BCUT2D eigenvalue weighted by Crippen LogP contribution is -2.07. The van der Waals surface area contributed by atoms with Gasteiger partial charge in [0.25, 0.3) is 0 Å². The third-order valence-electron chi connectivity index (χ3n) is 4.57. The van der Waals surface area contributed by atoms with Gasteiger partial charge in [-0.25, -0.2) is 0 Å². The Balaban J connectivity index is 1.59. The smallest absolute Gasteiger partial charge is 0.248 e. The van der Waals surface area contributed by atoms with Gasteiger partial charge >= 0.3 is 0 Å². The molecule has 29 heavy (non-hydrogen) atoms. The first-order chi connectivity index (χ1) is 14.1. The molecule has 0 radical (unpaired) electrons. The van der Waals surface area contributed by atoms with Crippen molar-refractivity contribution in [3.63, 3.8) is 0 Å². The van der Waals surface area contributed by atoms with Gasteiger partial charge in [-0.3, -0.25) is 4.79 Å². The number of benzene rings is 4. The minimum absolute atomic E-state index is 0.122.